The third kappa shape index (κ3) is 4.92. The molecule has 1 saturated carbocycles. The summed E-state index contributed by atoms with van der Waals surface area (Å²) in [7, 11) is 0. The average Bonchev–Trinajstić information content (AvgIpc) is 2.77. The van der Waals surface area contributed by atoms with Crippen LogP contribution in [0.25, 0.3) is 11.1 Å². The number of hydrogen-bond acceptors (Lipinski definition) is 0. The van der Waals surface area contributed by atoms with E-state index in [1.165, 1.54) is 60.9 Å². The predicted octanol–water partition coefficient (Wildman–Crippen LogP) is 8.50. The zero-order valence-corrected chi connectivity index (χ0v) is 18.1. The van der Waals surface area contributed by atoms with Gasteiger partial charge < -0.3 is 0 Å². The summed E-state index contributed by atoms with van der Waals surface area (Å²) in [6.45, 7) is 2.14. The van der Waals surface area contributed by atoms with Crippen LogP contribution in [0.5, 0.6) is 0 Å². The molecule has 0 radical (unpaired) electrons. The van der Waals surface area contributed by atoms with Crippen molar-refractivity contribution < 1.29 is 8.78 Å². The highest BCUT2D eigenvalue weighted by Crippen LogP contribution is 2.37. The van der Waals surface area contributed by atoms with Crippen LogP contribution >= 0.6 is 11.6 Å². The monoisotopic (exact) mass is 424 g/mol. The molecule has 0 nitrogen and oxygen atoms in total. The van der Waals surface area contributed by atoms with Gasteiger partial charge in [-0.3, -0.25) is 0 Å². The number of benzene rings is 3. The molecule has 1 aliphatic carbocycles. The highest BCUT2D eigenvalue weighted by Gasteiger charge is 2.22. The summed E-state index contributed by atoms with van der Waals surface area (Å²) < 4.78 is 27.4. The number of halogens is 3. The molecular weight excluding hydrogens is 398 g/mol. The van der Waals surface area contributed by atoms with E-state index < -0.39 is 16.7 Å². The lowest BCUT2D eigenvalue weighted by Gasteiger charge is -2.29. The minimum atomic E-state index is -0.725. The molecule has 1 aliphatic rings. The van der Waals surface area contributed by atoms with Crippen LogP contribution < -0.4 is 0 Å². The molecule has 0 unspecified atom stereocenters. The van der Waals surface area contributed by atoms with E-state index in [2.05, 4.69) is 43.3 Å². The topological polar surface area (TPSA) is 0 Å². The van der Waals surface area contributed by atoms with Crippen molar-refractivity contribution >= 4 is 11.6 Å². The van der Waals surface area contributed by atoms with Crippen molar-refractivity contribution in [2.75, 3.05) is 0 Å². The lowest BCUT2D eigenvalue weighted by molar-refractivity contribution is 0.310. The van der Waals surface area contributed by atoms with E-state index in [1.807, 2.05) is 12.1 Å². The highest BCUT2D eigenvalue weighted by atomic mass is 35.5. The Morgan fingerprint density at radius 1 is 0.800 bits per heavy atom. The van der Waals surface area contributed by atoms with Gasteiger partial charge in [-0.2, -0.15) is 0 Å². The van der Waals surface area contributed by atoms with Crippen molar-refractivity contribution in [2.24, 2.45) is 5.92 Å². The average molecular weight is 425 g/mol. The van der Waals surface area contributed by atoms with Crippen LogP contribution in [0.4, 0.5) is 8.78 Å². The molecule has 0 bridgehead atoms. The van der Waals surface area contributed by atoms with Crippen LogP contribution in [0, 0.1) is 24.5 Å². The number of hydrogen-bond donors (Lipinski definition) is 0. The maximum Gasteiger partial charge on any atom is 0.145 e. The highest BCUT2D eigenvalue weighted by molar-refractivity contribution is 6.31. The first kappa shape index (κ1) is 21.1. The van der Waals surface area contributed by atoms with Crippen molar-refractivity contribution in [3.05, 3.63) is 94.0 Å². The van der Waals surface area contributed by atoms with Crippen LogP contribution in [0.3, 0.4) is 0 Å². The van der Waals surface area contributed by atoms with Gasteiger partial charge in [-0.05, 0) is 91.7 Å². The van der Waals surface area contributed by atoms with E-state index in [9.17, 15) is 8.78 Å². The number of aryl methyl sites for hydroxylation is 2. The molecular formula is C27H27ClF2. The fourth-order valence-corrected chi connectivity index (χ4v) is 4.69. The van der Waals surface area contributed by atoms with Crippen LogP contribution in [0.1, 0.15) is 54.7 Å². The van der Waals surface area contributed by atoms with E-state index in [-0.39, 0.29) is 0 Å². The Labute approximate surface area is 182 Å². The Bertz CT molecular complexity index is 961. The predicted molar refractivity (Wildman–Crippen MR) is 121 cm³/mol. The third-order valence-electron chi connectivity index (χ3n) is 6.51. The summed E-state index contributed by atoms with van der Waals surface area (Å²) in [6, 6.07) is 19.6. The number of rotatable bonds is 5. The molecule has 30 heavy (non-hydrogen) atoms. The lowest BCUT2D eigenvalue weighted by Crippen LogP contribution is -2.14. The van der Waals surface area contributed by atoms with E-state index >= 15 is 0 Å². The normalized spacial score (nSPS) is 19.1. The van der Waals surface area contributed by atoms with Crippen molar-refractivity contribution in [2.45, 2.75) is 51.4 Å². The van der Waals surface area contributed by atoms with Gasteiger partial charge in [-0.1, -0.05) is 65.7 Å². The zero-order valence-electron chi connectivity index (χ0n) is 17.3. The molecule has 0 spiro atoms. The van der Waals surface area contributed by atoms with Crippen LogP contribution in [0.2, 0.25) is 5.02 Å². The maximum atomic E-state index is 13.7. The van der Waals surface area contributed by atoms with Crippen molar-refractivity contribution in [3.8, 4) is 11.1 Å². The SMILES string of the molecule is Cc1ccc(C2CCC(CCc3ccc(-c4cc(F)c(Cl)c(F)c4)cc3)CC2)cc1. The van der Waals surface area contributed by atoms with Gasteiger partial charge in [-0.25, -0.2) is 8.78 Å². The Morgan fingerprint density at radius 2 is 1.40 bits per heavy atom. The fourth-order valence-electron chi connectivity index (χ4n) is 4.58. The summed E-state index contributed by atoms with van der Waals surface area (Å²) in [5.74, 6) is 0.0427. The van der Waals surface area contributed by atoms with Crippen molar-refractivity contribution in [3.63, 3.8) is 0 Å². The Hall–Kier alpha value is -2.19. The first-order valence-corrected chi connectivity index (χ1v) is 11.2. The molecule has 3 heteroatoms. The van der Waals surface area contributed by atoms with Gasteiger partial charge in [0.2, 0.25) is 0 Å². The minimum Gasteiger partial charge on any atom is -0.205 e. The second-order valence-electron chi connectivity index (χ2n) is 8.62. The van der Waals surface area contributed by atoms with Crippen molar-refractivity contribution in [1.82, 2.24) is 0 Å². The van der Waals surface area contributed by atoms with Gasteiger partial charge in [0.25, 0.3) is 0 Å². The van der Waals surface area contributed by atoms with Crippen molar-refractivity contribution in [1.29, 1.82) is 0 Å². The summed E-state index contributed by atoms with van der Waals surface area (Å²) in [5.41, 5.74) is 5.39. The van der Waals surface area contributed by atoms with E-state index in [0.29, 0.717) is 11.5 Å². The minimum absolute atomic E-state index is 0.451. The van der Waals surface area contributed by atoms with Crippen LogP contribution in [0.15, 0.2) is 60.7 Å². The summed E-state index contributed by atoms with van der Waals surface area (Å²) in [4.78, 5) is 0. The standard InChI is InChI=1S/C27H27ClF2/c1-18-2-10-21(11-3-18)22-12-6-19(7-13-22)4-5-20-8-14-23(15-9-20)24-16-25(29)27(28)26(30)17-24/h2-3,8-11,14-17,19,22H,4-7,12-13H2,1H3. The first-order chi connectivity index (χ1) is 14.5. The van der Waals surface area contributed by atoms with Crippen LogP contribution in [-0.2, 0) is 6.42 Å². The molecule has 0 atom stereocenters. The maximum absolute atomic E-state index is 13.7. The second kappa shape index (κ2) is 9.31. The molecule has 3 aromatic rings. The molecule has 0 saturated heterocycles. The molecule has 3 aromatic carbocycles. The fraction of sp³-hybridized carbons (Fsp3) is 0.333. The third-order valence-corrected chi connectivity index (χ3v) is 6.87. The molecule has 0 N–H and O–H groups in total. The molecule has 0 aliphatic heterocycles. The smallest absolute Gasteiger partial charge is 0.145 e. The van der Waals surface area contributed by atoms with Crippen LogP contribution in [-0.4, -0.2) is 0 Å². The zero-order chi connectivity index (χ0) is 21.1. The summed E-state index contributed by atoms with van der Waals surface area (Å²) in [5, 5.41) is -0.451. The Balaban J connectivity index is 1.30. The van der Waals surface area contributed by atoms with Gasteiger partial charge in [0, 0.05) is 0 Å². The second-order valence-corrected chi connectivity index (χ2v) is 9.00. The van der Waals surface area contributed by atoms with Gasteiger partial charge in [-0.15, -0.1) is 0 Å². The van der Waals surface area contributed by atoms with E-state index in [4.69, 9.17) is 11.6 Å². The molecule has 0 aromatic heterocycles. The van der Waals surface area contributed by atoms with E-state index in [0.717, 1.165) is 17.9 Å². The first-order valence-electron chi connectivity index (χ1n) is 10.8. The summed E-state index contributed by atoms with van der Waals surface area (Å²) in [6.07, 6.45) is 7.38. The molecule has 1 fully saturated rings. The van der Waals surface area contributed by atoms with Gasteiger partial charge in [0.15, 0.2) is 0 Å². The summed E-state index contributed by atoms with van der Waals surface area (Å²) >= 11 is 5.58. The van der Waals surface area contributed by atoms with Gasteiger partial charge >= 0.3 is 0 Å². The molecule has 4 rings (SSSR count). The lowest BCUT2D eigenvalue weighted by atomic mass is 9.77. The van der Waals surface area contributed by atoms with Gasteiger partial charge in [0.1, 0.15) is 16.7 Å². The molecule has 0 heterocycles. The van der Waals surface area contributed by atoms with E-state index in [1.54, 1.807) is 0 Å². The molecule has 156 valence electrons. The Kier molecular flexibility index (Phi) is 6.53. The largest absolute Gasteiger partial charge is 0.205 e. The Morgan fingerprint density at radius 3 is 2.00 bits per heavy atom. The quantitative estimate of drug-likeness (QED) is 0.360. The van der Waals surface area contributed by atoms with Gasteiger partial charge in [0.05, 0.1) is 0 Å². The molecule has 0 amide bonds.